The monoisotopic (exact) mass is 539 g/mol. The maximum absolute atomic E-state index is 13.9. The van der Waals surface area contributed by atoms with Gasteiger partial charge < -0.3 is 14.8 Å². The predicted molar refractivity (Wildman–Crippen MR) is 154 cm³/mol. The summed E-state index contributed by atoms with van der Waals surface area (Å²) in [7, 11) is 3.21. The van der Waals surface area contributed by atoms with Crippen LogP contribution in [-0.4, -0.2) is 24.7 Å². The lowest BCUT2D eigenvalue weighted by Crippen LogP contribution is -2.40. The molecule has 1 atom stereocenters. The molecule has 1 aromatic heterocycles. The van der Waals surface area contributed by atoms with Crippen molar-refractivity contribution in [3.05, 3.63) is 120 Å². The van der Waals surface area contributed by atoms with E-state index in [0.717, 1.165) is 33.7 Å². The highest BCUT2D eigenvalue weighted by molar-refractivity contribution is 7.07. The van der Waals surface area contributed by atoms with Gasteiger partial charge in [0.15, 0.2) is 4.80 Å². The first kappa shape index (κ1) is 26.2. The summed E-state index contributed by atoms with van der Waals surface area (Å²) in [6.07, 6.45) is 1.84. The van der Waals surface area contributed by atoms with Crippen LogP contribution in [0.3, 0.4) is 0 Å². The van der Waals surface area contributed by atoms with Crippen molar-refractivity contribution in [2.45, 2.75) is 26.8 Å². The summed E-state index contributed by atoms with van der Waals surface area (Å²) in [5, 5.41) is 3.05. The second-order valence-electron chi connectivity index (χ2n) is 9.40. The zero-order valence-corrected chi connectivity index (χ0v) is 23.3. The van der Waals surface area contributed by atoms with Gasteiger partial charge in [-0.2, -0.15) is 0 Å². The van der Waals surface area contributed by atoms with Crippen LogP contribution in [0.2, 0.25) is 0 Å². The maximum Gasteiger partial charge on any atom is 0.271 e. The number of fused-ring (bicyclic) bond motifs is 1. The molecule has 0 spiro atoms. The molecule has 0 fully saturated rings. The normalized spacial score (nSPS) is 15.0. The predicted octanol–water partition coefficient (Wildman–Crippen LogP) is 4.51. The minimum Gasteiger partial charge on any atom is -0.497 e. The highest BCUT2D eigenvalue weighted by Crippen LogP contribution is 2.32. The summed E-state index contributed by atoms with van der Waals surface area (Å²) < 4.78 is 12.7. The van der Waals surface area contributed by atoms with Gasteiger partial charge in [-0.15, -0.1) is 0 Å². The van der Waals surface area contributed by atoms with Crippen LogP contribution in [0.15, 0.2) is 87.8 Å². The number of carbonyl (C=O) groups excluding carboxylic acids is 1. The van der Waals surface area contributed by atoms with Crippen LogP contribution in [0.5, 0.6) is 11.5 Å². The Morgan fingerprint density at radius 2 is 1.59 bits per heavy atom. The molecule has 0 saturated heterocycles. The molecule has 1 aliphatic rings. The summed E-state index contributed by atoms with van der Waals surface area (Å²) in [5.41, 5.74) is 5.22. The molecule has 7 nitrogen and oxygen atoms in total. The second-order valence-corrected chi connectivity index (χ2v) is 10.4. The first-order valence-electron chi connectivity index (χ1n) is 12.5. The van der Waals surface area contributed by atoms with Gasteiger partial charge in [0.1, 0.15) is 11.5 Å². The summed E-state index contributed by atoms with van der Waals surface area (Å²) >= 11 is 1.30. The number of carbonyl (C=O) groups is 1. The van der Waals surface area contributed by atoms with Crippen molar-refractivity contribution >= 4 is 29.0 Å². The fourth-order valence-corrected chi connectivity index (χ4v) is 5.76. The fraction of sp³-hybridized carbons (Fsp3) is 0.194. The second kappa shape index (κ2) is 10.7. The molecule has 8 heteroatoms. The van der Waals surface area contributed by atoms with Crippen LogP contribution in [-0.2, 0) is 4.79 Å². The molecule has 1 N–H and O–H groups in total. The molecule has 4 aromatic rings. The largest absolute Gasteiger partial charge is 0.497 e. The Labute approximate surface area is 230 Å². The number of methoxy groups -OCH3 is 2. The molecule has 5 rings (SSSR count). The molecule has 0 unspecified atom stereocenters. The number of anilines is 1. The Kier molecular flexibility index (Phi) is 7.21. The molecule has 1 amide bonds. The van der Waals surface area contributed by atoms with E-state index in [2.05, 4.69) is 5.32 Å². The van der Waals surface area contributed by atoms with Gasteiger partial charge in [-0.05, 0) is 73.9 Å². The van der Waals surface area contributed by atoms with Crippen LogP contribution >= 0.6 is 11.3 Å². The van der Waals surface area contributed by atoms with Crippen molar-refractivity contribution in [3.8, 4) is 11.5 Å². The standard InChI is InChI=1S/C31H29N3O4S/c1-18-6-15-25(19(2)16-18)33-29(35)27-20(3)32-31-34(28(27)22-9-13-24(38-5)14-10-22)30(36)26(39-31)17-21-7-11-23(37-4)12-8-21/h6-17,28H,1-5H3,(H,33,35)/b26-17+/t28-/m0/s1. The Hall–Kier alpha value is -4.43. The van der Waals surface area contributed by atoms with Gasteiger partial charge in [0, 0.05) is 5.69 Å². The first-order chi connectivity index (χ1) is 18.8. The van der Waals surface area contributed by atoms with Crippen molar-refractivity contribution < 1.29 is 14.3 Å². The quantitative estimate of drug-likeness (QED) is 0.391. The molecule has 3 aromatic carbocycles. The Morgan fingerprint density at radius 3 is 2.21 bits per heavy atom. The summed E-state index contributed by atoms with van der Waals surface area (Å²) in [6, 6.07) is 20.1. The molecular formula is C31H29N3O4S. The highest BCUT2D eigenvalue weighted by atomic mass is 32.1. The van der Waals surface area contributed by atoms with Crippen LogP contribution < -0.4 is 29.7 Å². The van der Waals surface area contributed by atoms with Crippen molar-refractivity contribution in [1.82, 2.24) is 4.57 Å². The molecule has 0 aliphatic carbocycles. The average molecular weight is 540 g/mol. The van der Waals surface area contributed by atoms with Crippen LogP contribution in [0, 0.1) is 13.8 Å². The number of aromatic nitrogens is 1. The highest BCUT2D eigenvalue weighted by Gasteiger charge is 2.32. The molecule has 0 bridgehead atoms. The molecule has 0 radical (unpaired) electrons. The van der Waals surface area contributed by atoms with Crippen LogP contribution in [0.4, 0.5) is 5.69 Å². The van der Waals surface area contributed by atoms with E-state index < -0.39 is 6.04 Å². The molecule has 2 heterocycles. The third-order valence-corrected chi connectivity index (χ3v) is 7.72. The number of hydrogen-bond donors (Lipinski definition) is 1. The molecule has 1 aliphatic heterocycles. The van der Waals surface area contributed by atoms with Crippen molar-refractivity contribution in [1.29, 1.82) is 0 Å². The van der Waals surface area contributed by atoms with E-state index in [0.29, 0.717) is 26.4 Å². The van der Waals surface area contributed by atoms with Crippen molar-refractivity contribution in [2.24, 2.45) is 4.99 Å². The minimum absolute atomic E-state index is 0.209. The SMILES string of the molecule is COc1ccc(/C=c2/sc3n(c2=O)[C@@H](c2ccc(OC)cc2)C(C(=O)Nc2ccc(C)cc2C)=C(C)N=3)cc1. The van der Waals surface area contributed by atoms with E-state index in [4.69, 9.17) is 14.5 Å². The number of nitrogens with zero attached hydrogens (tertiary/aromatic N) is 2. The number of thiazole rings is 1. The average Bonchev–Trinajstić information content (AvgIpc) is 3.23. The summed E-state index contributed by atoms with van der Waals surface area (Å²) in [5.74, 6) is 1.13. The minimum atomic E-state index is -0.657. The topological polar surface area (TPSA) is 81.9 Å². The van der Waals surface area contributed by atoms with Crippen LogP contribution in [0.25, 0.3) is 6.08 Å². The number of nitrogens with one attached hydrogen (secondary N) is 1. The van der Waals surface area contributed by atoms with E-state index in [1.807, 2.05) is 93.6 Å². The molecular weight excluding hydrogens is 510 g/mol. The van der Waals surface area contributed by atoms with Crippen molar-refractivity contribution in [2.75, 3.05) is 19.5 Å². The zero-order chi connectivity index (χ0) is 27.7. The van der Waals surface area contributed by atoms with E-state index >= 15 is 0 Å². The Balaban J connectivity index is 1.64. The number of aryl methyl sites for hydroxylation is 2. The number of benzene rings is 3. The lowest BCUT2D eigenvalue weighted by molar-refractivity contribution is -0.113. The van der Waals surface area contributed by atoms with Gasteiger partial charge in [0.05, 0.1) is 36.1 Å². The summed E-state index contributed by atoms with van der Waals surface area (Å²) in [6.45, 7) is 5.78. The number of rotatable bonds is 6. The third kappa shape index (κ3) is 5.15. The zero-order valence-electron chi connectivity index (χ0n) is 22.4. The van der Waals surface area contributed by atoms with Gasteiger partial charge in [0.2, 0.25) is 0 Å². The third-order valence-electron chi connectivity index (χ3n) is 6.74. The van der Waals surface area contributed by atoms with E-state index in [1.54, 1.807) is 18.8 Å². The van der Waals surface area contributed by atoms with Gasteiger partial charge in [0.25, 0.3) is 11.5 Å². The first-order valence-corrected chi connectivity index (χ1v) is 13.3. The number of hydrogen-bond acceptors (Lipinski definition) is 6. The van der Waals surface area contributed by atoms with E-state index in [1.165, 1.54) is 11.3 Å². The van der Waals surface area contributed by atoms with E-state index in [9.17, 15) is 9.59 Å². The number of amides is 1. The van der Waals surface area contributed by atoms with Gasteiger partial charge >= 0.3 is 0 Å². The molecule has 39 heavy (non-hydrogen) atoms. The Morgan fingerprint density at radius 1 is 0.949 bits per heavy atom. The van der Waals surface area contributed by atoms with Crippen LogP contribution in [0.1, 0.15) is 35.2 Å². The van der Waals surface area contributed by atoms with E-state index in [-0.39, 0.29) is 11.5 Å². The lowest BCUT2D eigenvalue weighted by Gasteiger charge is -2.25. The smallest absolute Gasteiger partial charge is 0.271 e. The number of allylic oxidation sites excluding steroid dienone is 1. The molecule has 0 saturated carbocycles. The fourth-order valence-electron chi connectivity index (χ4n) is 4.71. The number of ether oxygens (including phenoxy) is 2. The van der Waals surface area contributed by atoms with Gasteiger partial charge in [-0.3, -0.25) is 14.2 Å². The molecule has 198 valence electrons. The van der Waals surface area contributed by atoms with Gasteiger partial charge in [-0.1, -0.05) is 53.3 Å². The van der Waals surface area contributed by atoms with Gasteiger partial charge in [-0.25, -0.2) is 4.99 Å². The Bertz CT molecular complexity index is 1760. The maximum atomic E-state index is 13.9. The van der Waals surface area contributed by atoms with Crippen molar-refractivity contribution in [3.63, 3.8) is 0 Å². The summed E-state index contributed by atoms with van der Waals surface area (Å²) in [4.78, 5) is 32.9. The lowest BCUT2D eigenvalue weighted by atomic mass is 9.95.